The number of rotatable bonds is 11. The molecule has 0 aliphatic heterocycles. The zero-order chi connectivity index (χ0) is 19.3. The predicted molar refractivity (Wildman–Crippen MR) is 107 cm³/mol. The molecule has 2 aromatic carbocycles. The third kappa shape index (κ3) is 7.96. The summed E-state index contributed by atoms with van der Waals surface area (Å²) in [7, 11) is 1.64. The molecule has 1 amide bonds. The van der Waals surface area contributed by atoms with Gasteiger partial charge in [0.1, 0.15) is 18.1 Å². The molecule has 5 nitrogen and oxygen atoms in total. The summed E-state index contributed by atoms with van der Waals surface area (Å²) in [6, 6.07) is 15.3. The van der Waals surface area contributed by atoms with Gasteiger partial charge in [-0.15, -0.1) is 0 Å². The van der Waals surface area contributed by atoms with Crippen molar-refractivity contribution < 1.29 is 19.0 Å². The number of ether oxygens (including phenoxy) is 3. The van der Waals surface area contributed by atoms with Gasteiger partial charge in [0.15, 0.2) is 0 Å². The third-order valence-electron chi connectivity index (χ3n) is 3.73. The van der Waals surface area contributed by atoms with Crippen LogP contribution in [0, 0.1) is 0 Å². The number of nitrogens with one attached hydrogen (secondary N) is 1. The molecule has 0 heterocycles. The molecule has 0 unspecified atom stereocenters. The van der Waals surface area contributed by atoms with Gasteiger partial charge in [0.2, 0.25) is 5.91 Å². The number of carbonyl (C=O) groups excluding carboxylic acids is 1. The molecule has 0 radical (unpaired) electrons. The van der Waals surface area contributed by atoms with E-state index in [1.807, 2.05) is 48.5 Å². The van der Waals surface area contributed by atoms with Gasteiger partial charge < -0.3 is 19.5 Å². The zero-order valence-electron chi connectivity index (χ0n) is 15.9. The number of amides is 1. The van der Waals surface area contributed by atoms with Crippen molar-refractivity contribution in [2.75, 3.05) is 26.9 Å². The lowest BCUT2D eigenvalue weighted by Gasteiger charge is -2.07. The zero-order valence-corrected chi connectivity index (χ0v) is 15.9. The first-order valence-electron chi connectivity index (χ1n) is 9.10. The van der Waals surface area contributed by atoms with Crippen molar-refractivity contribution in [1.29, 1.82) is 0 Å². The van der Waals surface area contributed by atoms with Crippen molar-refractivity contribution in [2.45, 2.75) is 19.9 Å². The Kier molecular flexibility index (Phi) is 8.93. The summed E-state index contributed by atoms with van der Waals surface area (Å²) in [4.78, 5) is 12.0. The van der Waals surface area contributed by atoms with Gasteiger partial charge in [-0.25, -0.2) is 0 Å². The highest BCUT2D eigenvalue weighted by Crippen LogP contribution is 2.14. The van der Waals surface area contributed by atoms with Crippen molar-refractivity contribution >= 4 is 12.0 Å². The van der Waals surface area contributed by atoms with E-state index in [0.717, 1.165) is 29.0 Å². The normalized spacial score (nSPS) is 10.7. The molecule has 0 saturated heterocycles. The van der Waals surface area contributed by atoms with Crippen LogP contribution in [0.15, 0.2) is 54.6 Å². The van der Waals surface area contributed by atoms with E-state index in [1.54, 1.807) is 13.2 Å². The van der Waals surface area contributed by atoms with Crippen molar-refractivity contribution in [3.8, 4) is 11.5 Å². The lowest BCUT2D eigenvalue weighted by molar-refractivity contribution is -0.116. The van der Waals surface area contributed by atoms with Crippen LogP contribution in [0.25, 0.3) is 6.08 Å². The maximum absolute atomic E-state index is 12.0. The summed E-state index contributed by atoms with van der Waals surface area (Å²) < 4.78 is 16.0. The van der Waals surface area contributed by atoms with Gasteiger partial charge in [-0.2, -0.15) is 0 Å². The topological polar surface area (TPSA) is 56.8 Å². The first-order valence-corrected chi connectivity index (χ1v) is 9.10. The fourth-order valence-corrected chi connectivity index (χ4v) is 2.26. The Labute approximate surface area is 161 Å². The second kappa shape index (κ2) is 11.8. The van der Waals surface area contributed by atoms with Crippen molar-refractivity contribution in [3.63, 3.8) is 0 Å². The Morgan fingerprint density at radius 3 is 2.19 bits per heavy atom. The summed E-state index contributed by atoms with van der Waals surface area (Å²) in [5.74, 6) is 1.49. The third-order valence-corrected chi connectivity index (χ3v) is 3.73. The predicted octanol–water partition coefficient (Wildman–Crippen LogP) is 3.83. The lowest BCUT2D eigenvalue weighted by atomic mass is 10.2. The van der Waals surface area contributed by atoms with Crippen LogP contribution in [0.1, 0.15) is 24.5 Å². The Morgan fingerprint density at radius 1 is 0.926 bits per heavy atom. The molecule has 0 aliphatic carbocycles. The molecule has 0 spiro atoms. The van der Waals surface area contributed by atoms with Gasteiger partial charge in [0.25, 0.3) is 0 Å². The minimum Gasteiger partial charge on any atom is -0.494 e. The van der Waals surface area contributed by atoms with E-state index in [4.69, 9.17) is 14.2 Å². The molecule has 27 heavy (non-hydrogen) atoms. The van der Waals surface area contributed by atoms with Crippen LogP contribution >= 0.6 is 0 Å². The fraction of sp³-hybridized carbons (Fsp3) is 0.318. The molecule has 0 fully saturated rings. The van der Waals surface area contributed by atoms with Crippen molar-refractivity contribution in [3.05, 3.63) is 65.7 Å². The van der Waals surface area contributed by atoms with Crippen LogP contribution in [0.5, 0.6) is 11.5 Å². The lowest BCUT2D eigenvalue weighted by Crippen LogP contribution is -2.20. The van der Waals surface area contributed by atoms with E-state index in [2.05, 4.69) is 12.2 Å². The molecule has 5 heteroatoms. The maximum atomic E-state index is 12.0. The quantitative estimate of drug-likeness (QED) is 0.483. The minimum atomic E-state index is -0.137. The number of hydrogen-bond donors (Lipinski definition) is 1. The fourth-order valence-electron chi connectivity index (χ4n) is 2.26. The van der Waals surface area contributed by atoms with Gasteiger partial charge in [-0.05, 0) is 47.9 Å². The molecule has 0 aromatic heterocycles. The molecular formula is C22H27NO4. The largest absolute Gasteiger partial charge is 0.494 e. The Hall–Kier alpha value is -2.79. The molecule has 0 saturated carbocycles. The van der Waals surface area contributed by atoms with Gasteiger partial charge in [-0.3, -0.25) is 4.79 Å². The summed E-state index contributed by atoms with van der Waals surface area (Å²) in [6.45, 7) is 4.31. The van der Waals surface area contributed by atoms with E-state index in [1.165, 1.54) is 6.08 Å². The molecule has 2 rings (SSSR count). The summed E-state index contributed by atoms with van der Waals surface area (Å²) in [5, 5.41) is 2.87. The van der Waals surface area contributed by atoms with E-state index >= 15 is 0 Å². The highest BCUT2D eigenvalue weighted by molar-refractivity contribution is 5.91. The van der Waals surface area contributed by atoms with Crippen LogP contribution in [0.2, 0.25) is 0 Å². The van der Waals surface area contributed by atoms with Crippen LogP contribution in [0.4, 0.5) is 0 Å². The molecule has 2 aromatic rings. The second-order valence-corrected chi connectivity index (χ2v) is 5.95. The molecule has 0 bridgehead atoms. The van der Waals surface area contributed by atoms with E-state index < -0.39 is 0 Å². The van der Waals surface area contributed by atoms with Gasteiger partial charge in [0.05, 0.1) is 13.2 Å². The van der Waals surface area contributed by atoms with Crippen LogP contribution in [0.3, 0.4) is 0 Å². The highest BCUT2D eigenvalue weighted by Gasteiger charge is 1.99. The number of hydrogen-bond acceptors (Lipinski definition) is 4. The summed E-state index contributed by atoms with van der Waals surface area (Å²) in [6.07, 6.45) is 4.29. The van der Waals surface area contributed by atoms with Crippen molar-refractivity contribution in [1.82, 2.24) is 5.32 Å². The maximum Gasteiger partial charge on any atom is 0.244 e. The van der Waals surface area contributed by atoms with E-state index in [9.17, 15) is 4.79 Å². The van der Waals surface area contributed by atoms with Crippen molar-refractivity contribution in [2.24, 2.45) is 0 Å². The molecule has 1 N–H and O–H groups in total. The second-order valence-electron chi connectivity index (χ2n) is 5.95. The van der Waals surface area contributed by atoms with Gasteiger partial charge in [-0.1, -0.05) is 31.2 Å². The van der Waals surface area contributed by atoms with Crippen LogP contribution in [-0.2, 0) is 16.1 Å². The minimum absolute atomic E-state index is 0.137. The average Bonchev–Trinajstić information content (AvgIpc) is 2.71. The SMILES string of the molecule is CCCOc1ccc(/C=C/C(=O)NCc2ccc(OCCOC)cc2)cc1. The van der Waals surface area contributed by atoms with Gasteiger partial charge >= 0.3 is 0 Å². The molecule has 0 aliphatic rings. The molecule has 0 atom stereocenters. The van der Waals surface area contributed by atoms with E-state index in [-0.39, 0.29) is 5.91 Å². The number of carbonyl (C=O) groups is 1. The standard InChI is InChI=1S/C22H27NO4/c1-3-14-26-20-9-4-18(5-10-20)8-13-22(24)23-17-19-6-11-21(12-7-19)27-16-15-25-2/h4-13H,3,14-17H2,1-2H3,(H,23,24)/b13-8+. The molecule has 144 valence electrons. The first-order chi connectivity index (χ1) is 13.2. The summed E-state index contributed by atoms with van der Waals surface area (Å²) in [5.41, 5.74) is 1.96. The first kappa shape index (κ1) is 20.5. The summed E-state index contributed by atoms with van der Waals surface area (Å²) >= 11 is 0. The van der Waals surface area contributed by atoms with Crippen LogP contribution in [-0.4, -0.2) is 32.8 Å². The van der Waals surface area contributed by atoms with E-state index in [0.29, 0.717) is 26.4 Å². The highest BCUT2D eigenvalue weighted by atomic mass is 16.5. The smallest absolute Gasteiger partial charge is 0.244 e. The number of benzene rings is 2. The Bertz CT molecular complexity index is 708. The number of methoxy groups -OCH3 is 1. The Morgan fingerprint density at radius 2 is 1.56 bits per heavy atom. The monoisotopic (exact) mass is 369 g/mol. The van der Waals surface area contributed by atoms with Gasteiger partial charge in [0, 0.05) is 19.7 Å². The molecular weight excluding hydrogens is 342 g/mol. The Balaban J connectivity index is 1.75. The van der Waals surface area contributed by atoms with Crippen LogP contribution < -0.4 is 14.8 Å². The average molecular weight is 369 g/mol.